The maximum absolute atomic E-state index is 12.7. The topological polar surface area (TPSA) is 72.7 Å². The first-order valence-corrected chi connectivity index (χ1v) is 9.31. The SMILES string of the molecule is O=C(NCCc1cnccn1)c1nn(Cc2ccc(Cl)cc2)c2ccccc12. The van der Waals surface area contributed by atoms with Crippen LogP contribution in [0.3, 0.4) is 0 Å². The third-order valence-electron chi connectivity index (χ3n) is 4.40. The lowest BCUT2D eigenvalue weighted by molar-refractivity contribution is 0.0950. The molecule has 4 aromatic rings. The zero-order chi connectivity index (χ0) is 19.3. The van der Waals surface area contributed by atoms with Crippen molar-refractivity contribution >= 4 is 28.4 Å². The second kappa shape index (κ2) is 8.19. The molecule has 0 aliphatic rings. The Morgan fingerprint density at radius 3 is 2.68 bits per heavy atom. The van der Waals surface area contributed by atoms with E-state index in [1.54, 1.807) is 18.6 Å². The van der Waals surface area contributed by atoms with Crippen LogP contribution in [0.25, 0.3) is 10.9 Å². The molecule has 0 fully saturated rings. The van der Waals surface area contributed by atoms with Crippen molar-refractivity contribution in [2.45, 2.75) is 13.0 Å². The van der Waals surface area contributed by atoms with Gasteiger partial charge in [-0.3, -0.25) is 19.4 Å². The van der Waals surface area contributed by atoms with Gasteiger partial charge in [0.1, 0.15) is 0 Å². The first-order valence-electron chi connectivity index (χ1n) is 8.94. The summed E-state index contributed by atoms with van der Waals surface area (Å²) < 4.78 is 1.84. The van der Waals surface area contributed by atoms with E-state index in [1.165, 1.54) is 0 Å². The number of rotatable bonds is 6. The zero-order valence-electron chi connectivity index (χ0n) is 15.0. The Morgan fingerprint density at radius 2 is 1.89 bits per heavy atom. The van der Waals surface area contributed by atoms with Crippen molar-refractivity contribution in [3.63, 3.8) is 0 Å². The predicted octanol–water partition coefficient (Wildman–Crippen LogP) is 3.50. The summed E-state index contributed by atoms with van der Waals surface area (Å²) in [5.74, 6) is -0.199. The number of benzene rings is 2. The standard InChI is InChI=1S/C21H18ClN5O/c22-16-7-5-15(6-8-16)14-27-19-4-2-1-3-18(19)20(26-27)21(28)25-10-9-17-13-23-11-12-24-17/h1-8,11-13H,9-10,14H2,(H,25,28). The molecule has 7 heteroatoms. The Morgan fingerprint density at radius 1 is 1.07 bits per heavy atom. The van der Waals surface area contributed by atoms with E-state index >= 15 is 0 Å². The molecule has 0 bridgehead atoms. The number of fused-ring (bicyclic) bond motifs is 1. The number of amides is 1. The number of carbonyl (C=O) groups is 1. The van der Waals surface area contributed by atoms with Crippen LogP contribution in [0.1, 0.15) is 21.7 Å². The molecule has 0 aliphatic carbocycles. The van der Waals surface area contributed by atoms with Gasteiger partial charge in [0.05, 0.1) is 17.8 Å². The third-order valence-corrected chi connectivity index (χ3v) is 4.65. The van der Waals surface area contributed by atoms with E-state index in [0.717, 1.165) is 22.2 Å². The van der Waals surface area contributed by atoms with E-state index in [0.29, 0.717) is 30.2 Å². The van der Waals surface area contributed by atoms with Crippen molar-refractivity contribution in [3.8, 4) is 0 Å². The molecule has 0 atom stereocenters. The molecule has 2 aromatic carbocycles. The average Bonchev–Trinajstić information content (AvgIpc) is 3.09. The highest BCUT2D eigenvalue weighted by Crippen LogP contribution is 2.20. The van der Waals surface area contributed by atoms with Crippen LogP contribution in [-0.4, -0.2) is 32.2 Å². The summed E-state index contributed by atoms with van der Waals surface area (Å²) in [6.07, 6.45) is 5.58. The van der Waals surface area contributed by atoms with Gasteiger partial charge in [-0.2, -0.15) is 5.10 Å². The highest BCUT2D eigenvalue weighted by Gasteiger charge is 2.17. The Kier molecular flexibility index (Phi) is 5.30. The van der Waals surface area contributed by atoms with E-state index in [1.807, 2.05) is 53.2 Å². The summed E-state index contributed by atoms with van der Waals surface area (Å²) in [7, 11) is 0. The fourth-order valence-corrected chi connectivity index (χ4v) is 3.15. The van der Waals surface area contributed by atoms with Gasteiger partial charge in [0.25, 0.3) is 5.91 Å². The lowest BCUT2D eigenvalue weighted by Gasteiger charge is -2.04. The van der Waals surface area contributed by atoms with E-state index in [4.69, 9.17) is 11.6 Å². The molecule has 0 unspecified atom stereocenters. The average molecular weight is 392 g/mol. The smallest absolute Gasteiger partial charge is 0.272 e. The van der Waals surface area contributed by atoms with E-state index < -0.39 is 0 Å². The molecule has 28 heavy (non-hydrogen) atoms. The number of hydrogen-bond donors (Lipinski definition) is 1. The van der Waals surface area contributed by atoms with Crippen LogP contribution in [0.4, 0.5) is 0 Å². The minimum atomic E-state index is -0.199. The van der Waals surface area contributed by atoms with Crippen molar-refractivity contribution in [2.24, 2.45) is 0 Å². The summed E-state index contributed by atoms with van der Waals surface area (Å²) in [5, 5.41) is 9.02. The van der Waals surface area contributed by atoms with E-state index in [-0.39, 0.29) is 5.91 Å². The van der Waals surface area contributed by atoms with Gasteiger partial charge >= 0.3 is 0 Å². The highest BCUT2D eigenvalue weighted by molar-refractivity contribution is 6.30. The quantitative estimate of drug-likeness (QED) is 0.546. The largest absolute Gasteiger partial charge is 0.350 e. The second-order valence-corrected chi connectivity index (χ2v) is 6.79. The van der Waals surface area contributed by atoms with Crippen LogP contribution >= 0.6 is 11.6 Å². The first kappa shape index (κ1) is 18.1. The molecule has 6 nitrogen and oxygen atoms in total. The van der Waals surface area contributed by atoms with Gasteiger partial charge in [0, 0.05) is 42.0 Å². The van der Waals surface area contributed by atoms with Gasteiger partial charge in [-0.25, -0.2) is 0 Å². The monoisotopic (exact) mass is 391 g/mol. The number of carbonyl (C=O) groups excluding carboxylic acids is 1. The molecule has 140 valence electrons. The third kappa shape index (κ3) is 4.02. The van der Waals surface area contributed by atoms with Crippen molar-refractivity contribution in [2.75, 3.05) is 6.54 Å². The Balaban J connectivity index is 1.53. The molecule has 0 radical (unpaired) electrons. The van der Waals surface area contributed by atoms with Crippen molar-refractivity contribution in [3.05, 3.63) is 89.1 Å². The second-order valence-electron chi connectivity index (χ2n) is 6.35. The molecule has 0 spiro atoms. The molecule has 0 aliphatic heterocycles. The van der Waals surface area contributed by atoms with Crippen LogP contribution in [0.2, 0.25) is 5.02 Å². The lowest BCUT2D eigenvalue weighted by atomic mass is 10.2. The number of hydrogen-bond acceptors (Lipinski definition) is 4. The molecule has 1 N–H and O–H groups in total. The Bertz CT molecular complexity index is 1090. The van der Waals surface area contributed by atoms with E-state index in [9.17, 15) is 4.79 Å². The summed E-state index contributed by atoms with van der Waals surface area (Å²) in [5.41, 5.74) is 3.23. The minimum Gasteiger partial charge on any atom is -0.350 e. The molecule has 0 saturated carbocycles. The fourth-order valence-electron chi connectivity index (χ4n) is 3.03. The maximum atomic E-state index is 12.7. The zero-order valence-corrected chi connectivity index (χ0v) is 15.8. The number of nitrogens with zero attached hydrogens (tertiary/aromatic N) is 4. The van der Waals surface area contributed by atoms with Gasteiger partial charge in [-0.05, 0) is 23.8 Å². The van der Waals surface area contributed by atoms with Gasteiger partial charge in [-0.1, -0.05) is 41.9 Å². The first-order chi connectivity index (χ1) is 13.7. The summed E-state index contributed by atoms with van der Waals surface area (Å²) in [4.78, 5) is 21.0. The molecule has 2 heterocycles. The van der Waals surface area contributed by atoms with E-state index in [2.05, 4.69) is 20.4 Å². The number of aromatic nitrogens is 4. The van der Waals surface area contributed by atoms with Crippen LogP contribution in [0, 0.1) is 0 Å². The maximum Gasteiger partial charge on any atom is 0.272 e. The molecule has 0 saturated heterocycles. The highest BCUT2D eigenvalue weighted by atomic mass is 35.5. The van der Waals surface area contributed by atoms with Gasteiger partial charge < -0.3 is 5.32 Å². The Hall–Kier alpha value is -3.25. The van der Waals surface area contributed by atoms with Crippen LogP contribution in [-0.2, 0) is 13.0 Å². The summed E-state index contributed by atoms with van der Waals surface area (Å²) in [6, 6.07) is 15.3. The van der Waals surface area contributed by atoms with Gasteiger partial charge in [0.15, 0.2) is 5.69 Å². The van der Waals surface area contributed by atoms with Crippen LogP contribution in [0.5, 0.6) is 0 Å². The predicted molar refractivity (Wildman–Crippen MR) is 108 cm³/mol. The number of nitrogens with one attached hydrogen (secondary N) is 1. The molecular weight excluding hydrogens is 374 g/mol. The molecule has 2 aromatic heterocycles. The molecular formula is C21H18ClN5O. The molecule has 4 rings (SSSR count). The fraction of sp³-hybridized carbons (Fsp3) is 0.143. The normalized spacial score (nSPS) is 10.9. The summed E-state index contributed by atoms with van der Waals surface area (Å²) >= 11 is 5.96. The van der Waals surface area contributed by atoms with Crippen LogP contribution < -0.4 is 5.32 Å². The van der Waals surface area contributed by atoms with Crippen molar-refractivity contribution in [1.82, 2.24) is 25.1 Å². The minimum absolute atomic E-state index is 0.199. The van der Waals surface area contributed by atoms with Crippen molar-refractivity contribution in [1.29, 1.82) is 0 Å². The van der Waals surface area contributed by atoms with Crippen LogP contribution in [0.15, 0.2) is 67.1 Å². The lowest BCUT2D eigenvalue weighted by Crippen LogP contribution is -2.26. The molecule has 1 amide bonds. The Labute approximate surface area is 167 Å². The number of para-hydroxylation sites is 1. The van der Waals surface area contributed by atoms with Crippen molar-refractivity contribution < 1.29 is 4.79 Å². The van der Waals surface area contributed by atoms with Gasteiger partial charge in [0.2, 0.25) is 0 Å². The number of halogens is 1. The van der Waals surface area contributed by atoms with Gasteiger partial charge in [-0.15, -0.1) is 0 Å². The summed E-state index contributed by atoms with van der Waals surface area (Å²) in [6.45, 7) is 1.03.